The Morgan fingerprint density at radius 3 is 1.77 bits per heavy atom. The number of H-pyrrole nitrogens is 1. The van der Waals surface area contributed by atoms with Crippen LogP contribution in [0.5, 0.6) is 17.2 Å². The number of benzene rings is 5. The Balaban J connectivity index is 1.31. The number of hydrogen-bond acceptors (Lipinski definition) is 4. The Bertz CT molecular complexity index is 1960. The maximum atomic E-state index is 14.3. The van der Waals surface area contributed by atoms with E-state index < -0.39 is 7.49 Å². The predicted molar refractivity (Wildman–Crippen MR) is 194 cm³/mol. The number of carbonyl (C=O) groups is 1. The van der Waals surface area contributed by atoms with Crippen LogP contribution in [0.3, 0.4) is 0 Å². The summed E-state index contributed by atoms with van der Waals surface area (Å²) in [6.07, 6.45) is 0. The Morgan fingerprint density at radius 1 is 0.660 bits per heavy atom. The third-order valence-electron chi connectivity index (χ3n) is 8.70. The van der Waals surface area contributed by atoms with Gasteiger partial charge in [-0.05, 0) is 98.1 Å². The zero-order chi connectivity index (χ0) is 33.0. The summed E-state index contributed by atoms with van der Waals surface area (Å²) >= 11 is 0. The molecule has 0 amide bonds. The molecule has 238 valence electrons. The fourth-order valence-corrected chi connectivity index (χ4v) is 6.05. The van der Waals surface area contributed by atoms with Crippen molar-refractivity contribution in [1.29, 1.82) is 0 Å². The number of fused-ring (bicyclic) bond motifs is 1. The molecule has 5 aromatic carbocycles. The number of ketones is 1. The van der Waals surface area contributed by atoms with Gasteiger partial charge in [0.25, 0.3) is 0 Å². The van der Waals surface area contributed by atoms with Crippen molar-refractivity contribution in [3.05, 3.63) is 150 Å². The van der Waals surface area contributed by atoms with E-state index >= 15 is 0 Å². The highest BCUT2D eigenvalue weighted by Crippen LogP contribution is 2.62. The molecule has 1 N–H and O–H groups in total. The van der Waals surface area contributed by atoms with Crippen LogP contribution in [-0.4, -0.2) is 29.3 Å². The molecule has 0 bridgehead atoms. The van der Waals surface area contributed by atoms with Crippen LogP contribution in [0, 0.1) is 0 Å². The minimum Gasteiger partial charge on any atom is -0.489 e. The smallest absolute Gasteiger partial charge is 0.195 e. The van der Waals surface area contributed by atoms with E-state index in [1.54, 1.807) is 0 Å². The van der Waals surface area contributed by atoms with Crippen molar-refractivity contribution in [1.82, 2.24) is 4.98 Å². The summed E-state index contributed by atoms with van der Waals surface area (Å²) in [5.74, 6) is 2.20. The molecule has 0 saturated heterocycles. The van der Waals surface area contributed by atoms with Gasteiger partial charge in [-0.1, -0.05) is 60.7 Å². The maximum absolute atomic E-state index is 14.3. The lowest BCUT2D eigenvalue weighted by Gasteiger charge is -2.30. The molecule has 0 fully saturated rings. The number of hydrogen-bond donors (Lipinski definition) is 1. The van der Waals surface area contributed by atoms with Crippen LogP contribution < -0.4 is 14.0 Å². The first-order chi connectivity index (χ1) is 22.6. The number of rotatable bonds is 11. The Hall–Kier alpha value is -4.86. The first-order valence-corrected chi connectivity index (χ1v) is 18.5. The molecule has 0 aliphatic heterocycles. The van der Waals surface area contributed by atoms with Crippen molar-refractivity contribution in [2.75, 3.05) is 13.3 Å². The third-order valence-corrected chi connectivity index (χ3v) is 12.6. The van der Waals surface area contributed by atoms with Crippen LogP contribution in [-0.2, 0) is 13.2 Å². The number of ether oxygens (including phenoxy) is 2. The lowest BCUT2D eigenvalue weighted by atomic mass is 9.97. The van der Waals surface area contributed by atoms with Gasteiger partial charge in [0.2, 0.25) is 0 Å². The lowest BCUT2D eigenvalue weighted by molar-refractivity contribution is 0.104. The van der Waals surface area contributed by atoms with Gasteiger partial charge in [-0.2, -0.15) is 0 Å². The molecule has 0 radical (unpaired) electrons. The van der Waals surface area contributed by atoms with E-state index in [-0.39, 0.29) is 10.9 Å². The first-order valence-electron chi connectivity index (χ1n) is 15.9. The summed E-state index contributed by atoms with van der Waals surface area (Å²) in [6, 6.07) is 41.4. The number of aromatic nitrogens is 1. The molecule has 0 spiro atoms. The van der Waals surface area contributed by atoms with Gasteiger partial charge in [0, 0.05) is 17.0 Å². The number of aromatic amines is 1. The maximum Gasteiger partial charge on any atom is 0.195 e. The summed E-state index contributed by atoms with van der Waals surface area (Å²) < 4.78 is 18.6. The van der Waals surface area contributed by atoms with E-state index in [2.05, 4.69) is 39.1 Å². The SMILES string of the molecule is CC(C)(C)[P+](C)(C)Oc1ccc(C(=O)c2c(-c3ccc(OCc4ccccc4)cc3)[nH]c3cc(OCc4ccccc4)ccc23)cc1. The zero-order valence-electron chi connectivity index (χ0n) is 27.6. The second-order valence-corrected chi connectivity index (χ2v) is 17.3. The Morgan fingerprint density at radius 2 is 1.19 bits per heavy atom. The molecule has 6 rings (SSSR count). The van der Waals surface area contributed by atoms with E-state index in [0.717, 1.165) is 50.5 Å². The van der Waals surface area contributed by atoms with Gasteiger partial charge < -0.3 is 19.0 Å². The van der Waals surface area contributed by atoms with E-state index in [1.807, 2.05) is 127 Å². The Kier molecular flexibility index (Phi) is 9.20. The van der Waals surface area contributed by atoms with Crippen LogP contribution in [0.4, 0.5) is 0 Å². The standard InChI is InChI=1S/C41H40NO4P/c1-41(2,3)47(4,5)46-34-22-18-32(19-23-34)40(43)38-36-25-24-35(45-28-30-14-10-7-11-15-30)26-37(36)42-39(38)31-16-20-33(21-17-31)44-27-29-12-8-6-9-13-29/h6-26H,27-28H2,1-5H3/p+1. The summed E-state index contributed by atoms with van der Waals surface area (Å²) in [6.45, 7) is 11.9. The highest BCUT2D eigenvalue weighted by molar-refractivity contribution is 7.71. The van der Waals surface area contributed by atoms with Crippen LogP contribution in [0.2, 0.25) is 0 Å². The van der Waals surface area contributed by atoms with Crippen molar-refractivity contribution in [3.63, 3.8) is 0 Å². The first kappa shape index (κ1) is 32.1. The molecular weight excluding hydrogens is 601 g/mol. The van der Waals surface area contributed by atoms with E-state index in [0.29, 0.717) is 24.3 Å². The van der Waals surface area contributed by atoms with E-state index in [4.69, 9.17) is 14.0 Å². The third kappa shape index (κ3) is 7.42. The van der Waals surface area contributed by atoms with Crippen LogP contribution in [0.1, 0.15) is 47.8 Å². The largest absolute Gasteiger partial charge is 0.489 e. The minimum atomic E-state index is -1.69. The molecule has 6 aromatic rings. The quantitative estimate of drug-likeness (QED) is 0.113. The minimum absolute atomic E-state index is 0.0478. The normalized spacial score (nSPS) is 11.8. The van der Waals surface area contributed by atoms with Crippen molar-refractivity contribution >= 4 is 24.2 Å². The predicted octanol–water partition coefficient (Wildman–Crippen LogP) is 10.6. The van der Waals surface area contributed by atoms with Crippen molar-refractivity contribution < 1.29 is 18.8 Å². The fraction of sp³-hybridized carbons (Fsp3) is 0.195. The topological polar surface area (TPSA) is 60.5 Å². The van der Waals surface area contributed by atoms with Gasteiger partial charge in [0.05, 0.1) is 30.1 Å². The molecule has 1 heterocycles. The molecule has 0 aliphatic rings. The van der Waals surface area contributed by atoms with Gasteiger partial charge in [-0.3, -0.25) is 4.79 Å². The molecule has 0 saturated carbocycles. The van der Waals surface area contributed by atoms with Crippen LogP contribution in [0.25, 0.3) is 22.2 Å². The number of carbonyl (C=O) groups excluding carboxylic acids is 1. The van der Waals surface area contributed by atoms with Crippen LogP contribution >= 0.6 is 7.49 Å². The molecule has 0 unspecified atom stereocenters. The average molecular weight is 643 g/mol. The van der Waals surface area contributed by atoms with Gasteiger partial charge in [-0.25, -0.2) is 0 Å². The monoisotopic (exact) mass is 642 g/mol. The van der Waals surface area contributed by atoms with Crippen molar-refractivity contribution in [2.45, 2.75) is 39.1 Å². The molecule has 5 nitrogen and oxygen atoms in total. The van der Waals surface area contributed by atoms with Gasteiger partial charge in [0.1, 0.15) is 29.9 Å². The van der Waals surface area contributed by atoms with Crippen LogP contribution in [0.15, 0.2) is 127 Å². The van der Waals surface area contributed by atoms with E-state index in [9.17, 15) is 4.79 Å². The highest BCUT2D eigenvalue weighted by atomic mass is 31.2. The summed E-state index contributed by atoms with van der Waals surface area (Å²) in [4.78, 5) is 17.8. The molecule has 1 aromatic heterocycles. The molecule has 6 heteroatoms. The van der Waals surface area contributed by atoms with Crippen molar-refractivity contribution in [3.8, 4) is 28.5 Å². The molecule has 47 heavy (non-hydrogen) atoms. The molecular formula is C41H41NO4P+. The van der Waals surface area contributed by atoms with Gasteiger partial charge in [0.15, 0.2) is 19.0 Å². The summed E-state index contributed by atoms with van der Waals surface area (Å²) in [5.41, 5.74) is 5.87. The van der Waals surface area contributed by atoms with Crippen molar-refractivity contribution in [2.24, 2.45) is 0 Å². The van der Waals surface area contributed by atoms with E-state index in [1.165, 1.54) is 0 Å². The molecule has 0 aliphatic carbocycles. The fourth-order valence-electron chi connectivity index (χ4n) is 5.13. The van der Waals surface area contributed by atoms with Gasteiger partial charge in [-0.15, -0.1) is 0 Å². The summed E-state index contributed by atoms with van der Waals surface area (Å²) in [7, 11) is -1.69. The zero-order valence-corrected chi connectivity index (χ0v) is 28.5. The summed E-state index contributed by atoms with van der Waals surface area (Å²) in [5, 5.41) is 0.883. The second kappa shape index (κ2) is 13.5. The second-order valence-electron chi connectivity index (χ2n) is 13.1. The Labute approximate surface area is 278 Å². The lowest BCUT2D eigenvalue weighted by Crippen LogP contribution is -2.22. The number of nitrogens with one attached hydrogen (secondary N) is 1. The molecule has 0 atom stereocenters. The average Bonchev–Trinajstić information content (AvgIpc) is 3.46. The van der Waals surface area contributed by atoms with Gasteiger partial charge >= 0.3 is 0 Å². The highest BCUT2D eigenvalue weighted by Gasteiger charge is 2.43.